The molecule has 1 heterocycles. The molecule has 9 heteroatoms. The first-order valence-corrected chi connectivity index (χ1v) is 7.34. The molecule has 0 fully saturated rings. The van der Waals surface area contributed by atoms with E-state index in [9.17, 15) is 27.7 Å². The van der Waals surface area contributed by atoms with Gasteiger partial charge in [-0.25, -0.2) is 9.36 Å². The largest absolute Gasteiger partial charge is 0.493 e. The Labute approximate surface area is 124 Å². The molecule has 0 amide bonds. The van der Waals surface area contributed by atoms with Crippen molar-refractivity contribution in [1.82, 2.24) is 4.57 Å². The van der Waals surface area contributed by atoms with Crippen molar-refractivity contribution >= 4 is 16.1 Å². The molecule has 8 nitrogen and oxygen atoms in total. The van der Waals surface area contributed by atoms with Gasteiger partial charge in [-0.3, -0.25) is 9.35 Å². The van der Waals surface area contributed by atoms with Crippen LogP contribution in [0, 0.1) is 6.92 Å². The highest BCUT2D eigenvalue weighted by atomic mass is 32.2. The Morgan fingerprint density at radius 3 is 2.36 bits per heavy atom. The average Bonchev–Trinajstić information content (AvgIpc) is 2.36. The number of aromatic nitrogens is 1. The lowest BCUT2D eigenvalue weighted by Gasteiger charge is -2.14. The molecule has 0 unspecified atom stereocenters. The van der Waals surface area contributed by atoms with E-state index in [-0.39, 0.29) is 16.8 Å². The van der Waals surface area contributed by atoms with E-state index < -0.39 is 32.4 Å². The molecule has 0 saturated carbocycles. The fourth-order valence-electron chi connectivity index (χ4n) is 2.10. The number of carboxylic acid groups (broad SMARTS) is 1. The molecule has 1 aromatic heterocycles. The first-order chi connectivity index (χ1) is 10.1. The molecule has 0 aliphatic carbocycles. The zero-order chi connectivity index (χ0) is 16.7. The fourth-order valence-corrected chi connectivity index (χ4v) is 2.89. The zero-order valence-corrected chi connectivity index (χ0v) is 12.0. The van der Waals surface area contributed by atoms with Crippen LogP contribution in [-0.4, -0.2) is 33.7 Å². The number of carboxylic acids is 1. The van der Waals surface area contributed by atoms with Crippen molar-refractivity contribution in [1.29, 1.82) is 0 Å². The van der Waals surface area contributed by atoms with Crippen LogP contribution in [0.25, 0.3) is 5.69 Å². The lowest BCUT2D eigenvalue weighted by molar-refractivity contribution is 0.0697. The van der Waals surface area contributed by atoms with E-state index in [0.29, 0.717) is 4.57 Å². The van der Waals surface area contributed by atoms with Gasteiger partial charge in [0.05, 0.1) is 11.3 Å². The third-order valence-electron chi connectivity index (χ3n) is 2.97. The van der Waals surface area contributed by atoms with Crippen molar-refractivity contribution in [2.45, 2.75) is 11.8 Å². The number of aromatic hydroxyl groups is 1. The molecule has 22 heavy (non-hydrogen) atoms. The van der Waals surface area contributed by atoms with Crippen LogP contribution in [0.5, 0.6) is 5.88 Å². The van der Waals surface area contributed by atoms with E-state index in [4.69, 9.17) is 5.11 Å². The number of rotatable bonds is 3. The first-order valence-electron chi connectivity index (χ1n) is 5.90. The van der Waals surface area contributed by atoms with Gasteiger partial charge in [0, 0.05) is 6.07 Å². The predicted molar refractivity (Wildman–Crippen MR) is 75.2 cm³/mol. The summed E-state index contributed by atoms with van der Waals surface area (Å²) in [7, 11) is -4.80. The maximum atomic E-state index is 12.0. The highest BCUT2D eigenvalue weighted by Crippen LogP contribution is 2.27. The molecule has 0 atom stereocenters. The Kier molecular flexibility index (Phi) is 3.77. The Bertz CT molecular complexity index is 928. The van der Waals surface area contributed by atoms with Gasteiger partial charge in [-0.15, -0.1) is 0 Å². The number of carbonyl (C=O) groups is 1. The molecule has 2 aromatic rings. The van der Waals surface area contributed by atoms with E-state index in [1.54, 1.807) is 0 Å². The van der Waals surface area contributed by atoms with E-state index in [1.165, 1.54) is 31.2 Å². The molecular formula is C13H11NO7S. The summed E-state index contributed by atoms with van der Waals surface area (Å²) >= 11 is 0. The summed E-state index contributed by atoms with van der Waals surface area (Å²) in [6, 6.07) is 6.12. The quantitative estimate of drug-likeness (QED) is 0.710. The maximum absolute atomic E-state index is 12.0. The highest BCUT2D eigenvalue weighted by Gasteiger charge is 2.25. The summed E-state index contributed by atoms with van der Waals surface area (Å²) in [5, 5.41) is 19.2. The second-order valence-electron chi connectivity index (χ2n) is 4.45. The summed E-state index contributed by atoms with van der Waals surface area (Å²) in [5.41, 5.74) is -1.53. The van der Waals surface area contributed by atoms with Gasteiger partial charge in [0.2, 0.25) is 5.88 Å². The Morgan fingerprint density at radius 1 is 1.23 bits per heavy atom. The van der Waals surface area contributed by atoms with Crippen LogP contribution < -0.4 is 5.56 Å². The molecule has 0 saturated heterocycles. The van der Waals surface area contributed by atoms with Crippen molar-refractivity contribution in [3.8, 4) is 11.6 Å². The van der Waals surface area contributed by atoms with Crippen molar-refractivity contribution in [2.75, 3.05) is 0 Å². The minimum Gasteiger partial charge on any atom is -0.493 e. The fraction of sp³-hybridized carbons (Fsp3) is 0.0769. The minimum atomic E-state index is -4.80. The summed E-state index contributed by atoms with van der Waals surface area (Å²) in [5.74, 6) is -2.42. The van der Waals surface area contributed by atoms with Crippen LogP contribution in [0.4, 0.5) is 0 Å². The molecule has 1 aromatic carbocycles. The van der Waals surface area contributed by atoms with Gasteiger partial charge in [0.25, 0.3) is 15.7 Å². The summed E-state index contributed by atoms with van der Waals surface area (Å²) in [4.78, 5) is 22.4. The third kappa shape index (κ3) is 2.59. The van der Waals surface area contributed by atoms with Crippen molar-refractivity contribution in [3.05, 3.63) is 51.8 Å². The van der Waals surface area contributed by atoms with Crippen LogP contribution >= 0.6 is 0 Å². The second kappa shape index (κ2) is 5.28. The Balaban J connectivity index is 2.96. The van der Waals surface area contributed by atoms with Crippen LogP contribution in [-0.2, 0) is 10.1 Å². The van der Waals surface area contributed by atoms with E-state index in [1.807, 2.05) is 0 Å². The van der Waals surface area contributed by atoms with Gasteiger partial charge >= 0.3 is 5.97 Å². The molecule has 0 aliphatic rings. The summed E-state index contributed by atoms with van der Waals surface area (Å²) in [6.45, 7) is 1.22. The molecule has 116 valence electrons. The highest BCUT2D eigenvalue weighted by molar-refractivity contribution is 7.86. The van der Waals surface area contributed by atoms with Gasteiger partial charge in [-0.1, -0.05) is 12.1 Å². The lowest BCUT2D eigenvalue weighted by atomic mass is 10.1. The van der Waals surface area contributed by atoms with Gasteiger partial charge in [0.15, 0.2) is 4.90 Å². The van der Waals surface area contributed by atoms with Gasteiger partial charge in [0.1, 0.15) is 0 Å². The van der Waals surface area contributed by atoms with Crippen LogP contribution in [0.1, 0.15) is 15.9 Å². The predicted octanol–water partition coefficient (Wildman–Crippen LogP) is 0.796. The molecule has 2 rings (SSSR count). The SMILES string of the molecule is Cc1cc(=O)n(-c2ccccc2C(=O)O)c(O)c1S(=O)(=O)O. The summed E-state index contributed by atoms with van der Waals surface area (Å²) < 4.78 is 32.4. The third-order valence-corrected chi connectivity index (χ3v) is 3.99. The molecule has 3 N–H and O–H groups in total. The van der Waals surface area contributed by atoms with Crippen molar-refractivity contribution < 1.29 is 28.0 Å². The molecule has 0 radical (unpaired) electrons. The van der Waals surface area contributed by atoms with Gasteiger partial charge in [-0.2, -0.15) is 8.42 Å². The molecule has 0 spiro atoms. The minimum absolute atomic E-state index is 0.158. The number of para-hydroxylation sites is 1. The maximum Gasteiger partial charge on any atom is 0.337 e. The van der Waals surface area contributed by atoms with Gasteiger partial charge < -0.3 is 10.2 Å². The number of aromatic carboxylic acids is 1. The molecule has 0 aliphatic heterocycles. The standard InChI is InChI=1S/C13H11NO7S/c1-7-6-10(15)14(12(16)11(7)22(19,20)21)9-5-3-2-4-8(9)13(17)18/h2-6,16H,1H3,(H,17,18)(H,19,20,21). The van der Waals surface area contributed by atoms with Crippen LogP contribution in [0.3, 0.4) is 0 Å². The monoisotopic (exact) mass is 325 g/mol. The van der Waals surface area contributed by atoms with Crippen LogP contribution in [0.15, 0.2) is 40.0 Å². The topological polar surface area (TPSA) is 134 Å². The number of hydrogen-bond donors (Lipinski definition) is 3. The number of pyridine rings is 1. The van der Waals surface area contributed by atoms with Crippen molar-refractivity contribution in [3.63, 3.8) is 0 Å². The molecular weight excluding hydrogens is 314 g/mol. The first kappa shape index (κ1) is 15.7. The number of hydrogen-bond acceptors (Lipinski definition) is 5. The molecule has 0 bridgehead atoms. The zero-order valence-electron chi connectivity index (χ0n) is 11.2. The summed E-state index contributed by atoms with van der Waals surface area (Å²) in [6.07, 6.45) is 0. The van der Waals surface area contributed by atoms with Gasteiger partial charge in [-0.05, 0) is 24.6 Å². The van der Waals surface area contributed by atoms with Crippen LogP contribution in [0.2, 0.25) is 0 Å². The number of benzene rings is 1. The number of nitrogens with zero attached hydrogens (tertiary/aromatic N) is 1. The Morgan fingerprint density at radius 2 is 1.82 bits per heavy atom. The van der Waals surface area contributed by atoms with Crippen molar-refractivity contribution in [2.24, 2.45) is 0 Å². The van der Waals surface area contributed by atoms with E-state index in [2.05, 4.69) is 0 Å². The number of aryl methyl sites for hydroxylation is 1. The average molecular weight is 325 g/mol. The van der Waals surface area contributed by atoms with E-state index in [0.717, 1.165) is 6.07 Å². The Hall–Kier alpha value is -2.65. The van der Waals surface area contributed by atoms with E-state index >= 15 is 0 Å². The lowest BCUT2D eigenvalue weighted by Crippen LogP contribution is -2.22. The normalized spacial score (nSPS) is 11.4. The second-order valence-corrected chi connectivity index (χ2v) is 5.81. The smallest absolute Gasteiger partial charge is 0.337 e.